The Kier molecular flexibility index (Phi) is 7.04. The Labute approximate surface area is 377 Å². The van der Waals surface area contributed by atoms with Gasteiger partial charge in [0.15, 0.2) is 0 Å². The summed E-state index contributed by atoms with van der Waals surface area (Å²) in [6.07, 6.45) is 0. The van der Waals surface area contributed by atoms with E-state index in [0.717, 1.165) is 44.4 Å². The zero-order valence-corrected chi connectivity index (χ0v) is 37.5. The van der Waals surface area contributed by atoms with Gasteiger partial charge in [-0.1, -0.05) is 139 Å². The van der Waals surface area contributed by atoms with Crippen LogP contribution in [0.5, 0.6) is 0 Å². The van der Waals surface area contributed by atoms with Crippen LogP contribution in [0.2, 0.25) is 0 Å². The Hall–Kier alpha value is -7.50. The topological polar surface area (TPSA) is 47.3 Å². The average molecular weight is 836 g/mol. The molecule has 10 aromatic carbocycles. The van der Waals surface area contributed by atoms with Crippen LogP contribution in [-0.4, -0.2) is 11.3 Å². The molecular formula is C60H46BN3O. The second-order valence-electron chi connectivity index (χ2n) is 20.8. The van der Waals surface area contributed by atoms with Crippen molar-refractivity contribution in [2.75, 3.05) is 10.6 Å². The van der Waals surface area contributed by atoms with Gasteiger partial charge in [0.25, 0.3) is 0 Å². The molecule has 310 valence electrons. The Morgan fingerprint density at radius 2 is 1.06 bits per heavy atom. The van der Waals surface area contributed by atoms with E-state index >= 15 is 0 Å². The predicted molar refractivity (Wildman–Crippen MR) is 279 cm³/mol. The van der Waals surface area contributed by atoms with Gasteiger partial charge in [-0.05, 0) is 142 Å². The number of aromatic nitrogens is 1. The molecule has 0 fully saturated rings. The summed E-state index contributed by atoms with van der Waals surface area (Å²) < 4.78 is 9.50. The first-order chi connectivity index (χ1) is 31.4. The number of nitrogens with two attached hydrogens (primary N) is 1. The number of hydrogen-bond acceptors (Lipinski definition) is 3. The van der Waals surface area contributed by atoms with Crippen LogP contribution in [0.1, 0.15) is 52.7 Å². The summed E-state index contributed by atoms with van der Waals surface area (Å²) in [6, 6.07) is 59.2. The lowest BCUT2D eigenvalue weighted by atomic mass is 9.45. The lowest BCUT2D eigenvalue weighted by Crippen LogP contribution is -2.56. The molecule has 0 spiro atoms. The number of furan rings is 1. The number of hydrogen-bond donors (Lipinski definition) is 1. The third-order valence-corrected chi connectivity index (χ3v) is 14.8. The number of anilines is 4. The Morgan fingerprint density at radius 3 is 1.71 bits per heavy atom. The zero-order chi connectivity index (χ0) is 43.8. The summed E-state index contributed by atoms with van der Waals surface area (Å²) in [5, 5.41) is 14.7. The van der Waals surface area contributed by atoms with Crippen LogP contribution < -0.4 is 21.6 Å². The van der Waals surface area contributed by atoms with Gasteiger partial charge in [0.05, 0.1) is 5.39 Å². The molecule has 0 saturated carbocycles. The minimum atomic E-state index is -0.148. The van der Waals surface area contributed by atoms with Gasteiger partial charge >= 0.3 is 6.85 Å². The van der Waals surface area contributed by atoms with Crippen molar-refractivity contribution in [3.05, 3.63) is 169 Å². The standard InChI is InChI=1S/C60H46BN3O/c1-59(2,3)35-27-36(60(4,5)6)29-38(28-35)63-52-26-34-24-46-42-18-10-8-16-40(42)39-15-7-9-17-41(39)45(46)23-33(34)25-50(52)61-56-47(30-37(62)31-53(56)63)48-32-49-43-19-12-14-22-54(43)65-58(49)55-44-20-11-13-21-51(44)64(61)57(48)55/h7-32H,62H2,1-6H3. The van der Waals surface area contributed by atoms with Crippen LogP contribution in [0.3, 0.4) is 0 Å². The van der Waals surface area contributed by atoms with Crippen molar-refractivity contribution in [2.24, 2.45) is 0 Å². The van der Waals surface area contributed by atoms with Gasteiger partial charge in [-0.15, -0.1) is 0 Å². The molecule has 2 N–H and O–H groups in total. The molecule has 12 aromatic rings. The van der Waals surface area contributed by atoms with Crippen LogP contribution in [0.15, 0.2) is 162 Å². The van der Waals surface area contributed by atoms with E-state index in [2.05, 4.69) is 209 Å². The molecule has 0 atom stereocenters. The molecule has 0 radical (unpaired) electrons. The summed E-state index contributed by atoms with van der Waals surface area (Å²) in [5.41, 5.74) is 22.9. The molecule has 0 amide bonds. The van der Waals surface area contributed by atoms with E-state index in [1.54, 1.807) is 0 Å². The fraction of sp³-hybridized carbons (Fsp3) is 0.133. The highest BCUT2D eigenvalue weighted by molar-refractivity contribution is 6.90. The molecule has 4 heterocycles. The highest BCUT2D eigenvalue weighted by Crippen LogP contribution is 2.51. The molecule has 4 nitrogen and oxygen atoms in total. The number of nitrogen functional groups attached to an aromatic ring is 1. The maximum Gasteiger partial charge on any atom is 0.333 e. The Bertz CT molecular complexity index is 4090. The monoisotopic (exact) mass is 835 g/mol. The first kappa shape index (κ1) is 36.9. The van der Waals surface area contributed by atoms with Crippen LogP contribution in [-0.2, 0) is 10.8 Å². The number of rotatable bonds is 1. The normalized spacial score (nSPS) is 13.7. The second-order valence-corrected chi connectivity index (χ2v) is 20.8. The van der Waals surface area contributed by atoms with Crippen LogP contribution in [0.4, 0.5) is 22.7 Å². The highest BCUT2D eigenvalue weighted by Gasteiger charge is 2.44. The van der Waals surface area contributed by atoms with Crippen molar-refractivity contribution >= 4 is 127 Å². The van der Waals surface area contributed by atoms with E-state index in [4.69, 9.17) is 10.2 Å². The number of benzene rings is 10. The Morgan fingerprint density at radius 1 is 0.492 bits per heavy atom. The third kappa shape index (κ3) is 4.93. The van der Waals surface area contributed by atoms with E-state index in [0.29, 0.717) is 0 Å². The van der Waals surface area contributed by atoms with Crippen molar-refractivity contribution < 1.29 is 4.42 Å². The van der Waals surface area contributed by atoms with E-state index in [-0.39, 0.29) is 17.7 Å². The molecule has 2 aromatic heterocycles. The quantitative estimate of drug-likeness (QED) is 0.0775. The summed E-state index contributed by atoms with van der Waals surface area (Å²) in [6.45, 7) is 13.8. The number of nitrogens with zero attached hydrogens (tertiary/aromatic N) is 2. The van der Waals surface area contributed by atoms with Gasteiger partial charge in [0, 0.05) is 55.5 Å². The van der Waals surface area contributed by atoms with Crippen molar-refractivity contribution in [1.82, 2.24) is 4.48 Å². The molecule has 14 rings (SSSR count). The largest absolute Gasteiger partial charge is 0.455 e. The number of para-hydroxylation sites is 2. The molecule has 5 heteroatoms. The van der Waals surface area contributed by atoms with Crippen molar-refractivity contribution in [1.29, 1.82) is 0 Å². The van der Waals surface area contributed by atoms with E-state index in [1.165, 1.54) is 98.4 Å². The van der Waals surface area contributed by atoms with E-state index in [9.17, 15) is 0 Å². The van der Waals surface area contributed by atoms with Crippen LogP contribution in [0.25, 0.3) is 98.0 Å². The fourth-order valence-electron chi connectivity index (χ4n) is 11.8. The molecule has 0 saturated heterocycles. The van der Waals surface area contributed by atoms with Crippen LogP contribution >= 0.6 is 0 Å². The van der Waals surface area contributed by atoms with Gasteiger partial charge in [-0.25, -0.2) is 0 Å². The van der Waals surface area contributed by atoms with Gasteiger partial charge in [0.2, 0.25) is 0 Å². The van der Waals surface area contributed by atoms with Gasteiger partial charge in [-0.2, -0.15) is 0 Å². The lowest BCUT2D eigenvalue weighted by molar-refractivity contribution is 0.569. The molecule has 2 aliphatic rings. The second kappa shape index (κ2) is 12.4. The molecule has 0 unspecified atom stereocenters. The molecule has 65 heavy (non-hydrogen) atoms. The first-order valence-electron chi connectivity index (χ1n) is 23.0. The van der Waals surface area contributed by atoms with Gasteiger partial charge in [-0.3, -0.25) is 0 Å². The summed E-state index contributed by atoms with van der Waals surface area (Å²) >= 11 is 0. The van der Waals surface area contributed by atoms with E-state index in [1.807, 2.05) is 0 Å². The lowest BCUT2D eigenvalue weighted by Gasteiger charge is -2.41. The van der Waals surface area contributed by atoms with Crippen molar-refractivity contribution in [2.45, 2.75) is 52.4 Å². The minimum absolute atomic E-state index is 0.0776. The summed E-state index contributed by atoms with van der Waals surface area (Å²) in [5.74, 6) is 0. The smallest absolute Gasteiger partial charge is 0.333 e. The summed E-state index contributed by atoms with van der Waals surface area (Å²) in [7, 11) is 0. The average Bonchev–Trinajstić information content (AvgIpc) is 3.85. The minimum Gasteiger partial charge on any atom is -0.455 e. The fourth-order valence-corrected chi connectivity index (χ4v) is 11.8. The molecule has 0 bridgehead atoms. The van der Waals surface area contributed by atoms with E-state index < -0.39 is 0 Å². The predicted octanol–water partition coefficient (Wildman–Crippen LogP) is 14.9. The maximum absolute atomic E-state index is 7.19. The van der Waals surface area contributed by atoms with Crippen molar-refractivity contribution in [3.8, 4) is 11.1 Å². The first-order valence-corrected chi connectivity index (χ1v) is 23.0. The Balaban J connectivity index is 1.17. The van der Waals surface area contributed by atoms with Gasteiger partial charge in [0.1, 0.15) is 11.2 Å². The van der Waals surface area contributed by atoms with Crippen molar-refractivity contribution in [3.63, 3.8) is 0 Å². The maximum atomic E-state index is 7.19. The van der Waals surface area contributed by atoms with Crippen LogP contribution in [0, 0.1) is 0 Å². The SMILES string of the molecule is CC(C)(C)c1cc(N2c3cc4cc5c6ccccc6c6ccccc6c5cc4cc3B3c4c(cc(N)cc42)-c2cc4c5ccccc5oc4c4c5ccccc5n3c24)cc(C(C)(C)C)c1. The molecule has 0 aliphatic carbocycles. The molecule has 2 aliphatic heterocycles. The molecular weight excluding hydrogens is 789 g/mol. The summed E-state index contributed by atoms with van der Waals surface area (Å²) in [4.78, 5) is 2.55. The third-order valence-electron chi connectivity index (χ3n) is 14.8. The zero-order valence-electron chi connectivity index (χ0n) is 37.5. The number of fused-ring (bicyclic) bond motifs is 18. The van der Waals surface area contributed by atoms with Gasteiger partial charge < -0.3 is 19.5 Å². The highest BCUT2D eigenvalue weighted by atomic mass is 16.3.